The number of nitrogens with one attached hydrogen (secondary N) is 3. The number of phosphoric ester groups is 1. The first-order chi connectivity index (χ1) is 25.5. The van der Waals surface area contributed by atoms with Gasteiger partial charge in [-0.1, -0.05) is 54.7 Å². The number of aromatic amines is 1. The fraction of sp³-hybridized carbons (Fsp3) is 0.444. The number of aryl methyl sites for hydroxylation is 1. The molecule has 17 heteroatoms. The van der Waals surface area contributed by atoms with E-state index in [0.717, 1.165) is 33.9 Å². The fourth-order valence-electron chi connectivity index (χ4n) is 6.02. The van der Waals surface area contributed by atoms with E-state index in [4.69, 9.17) is 14.0 Å². The van der Waals surface area contributed by atoms with Gasteiger partial charge in [0.05, 0.1) is 6.61 Å². The summed E-state index contributed by atoms with van der Waals surface area (Å²) in [6.45, 7) is 0.0266. The van der Waals surface area contributed by atoms with Crippen molar-refractivity contribution in [2.75, 3.05) is 26.8 Å². The first kappa shape index (κ1) is 39.6. The second-order valence-electron chi connectivity index (χ2n) is 12.6. The molecule has 2 heterocycles. The molecule has 284 valence electrons. The van der Waals surface area contributed by atoms with Crippen LogP contribution in [0.4, 0.5) is 4.79 Å². The quantitative estimate of drug-likeness (QED) is 0.0701. The third kappa shape index (κ3) is 10.7. The zero-order valence-corrected chi connectivity index (χ0v) is 30.0. The Balaban J connectivity index is 0.996. The number of phosphoric acid groups is 1. The molecule has 3 aromatic rings. The van der Waals surface area contributed by atoms with Crippen LogP contribution in [0.3, 0.4) is 0 Å². The average Bonchev–Trinajstić information content (AvgIpc) is 3.42. The van der Waals surface area contributed by atoms with Crippen LogP contribution in [0.5, 0.6) is 0 Å². The minimum absolute atomic E-state index is 0.170. The average molecular weight is 755 g/mol. The molecule has 1 aliphatic carbocycles. The third-order valence-corrected chi connectivity index (χ3v) is 9.83. The van der Waals surface area contributed by atoms with Gasteiger partial charge in [-0.05, 0) is 43.4 Å². The van der Waals surface area contributed by atoms with Crippen molar-refractivity contribution < 1.29 is 47.8 Å². The Kier molecular flexibility index (Phi) is 13.8. The molecule has 0 bridgehead atoms. The number of carbonyl (C=O) groups excluding carboxylic acids is 2. The van der Waals surface area contributed by atoms with Gasteiger partial charge in [0, 0.05) is 61.5 Å². The number of hydrogen-bond acceptors (Lipinski definition) is 11. The standard InChI is InChI=1S/C36H43N4O12P/c1-49-53(47,48)50-22-29-31(42)32(43)34(51-29)40-21-26(33(44)39-35(40)45)13-9-19-37-30(41)15-3-2-8-18-38-36(46)52-28-20-25-12-5-4-10-23(25)16-17-24-11-6-7-14-27(24)28/h4-7,10-12,14,21,28-29,31-32,34,42-43H,2-3,8-9,13,15,18-20,22H2,1H3,(H,37,41)(H,38,46)(H,47,48)(H,39,44,45)/t28?,29-,31?,32+,34-/m1/s1. The highest BCUT2D eigenvalue weighted by molar-refractivity contribution is 7.47. The van der Waals surface area contributed by atoms with Gasteiger partial charge < -0.3 is 35.2 Å². The van der Waals surface area contributed by atoms with Crippen molar-refractivity contribution >= 4 is 19.8 Å². The lowest BCUT2D eigenvalue weighted by atomic mass is 9.92. The van der Waals surface area contributed by atoms with E-state index < -0.39 is 62.4 Å². The first-order valence-electron chi connectivity index (χ1n) is 17.2. The molecule has 1 saturated heterocycles. The van der Waals surface area contributed by atoms with Crippen LogP contribution in [-0.2, 0) is 40.7 Å². The smallest absolute Gasteiger partial charge is 0.441 e. The van der Waals surface area contributed by atoms with E-state index in [0.29, 0.717) is 38.6 Å². The van der Waals surface area contributed by atoms with Crippen LogP contribution in [0.15, 0.2) is 64.3 Å². The minimum atomic E-state index is -4.39. The molecule has 0 radical (unpaired) electrons. The number of carbonyl (C=O) groups is 2. The number of unbranched alkanes of at least 4 members (excludes halogenated alkanes) is 2. The molecule has 0 spiro atoms. The molecular formula is C36H43N4O12P. The molecule has 1 fully saturated rings. The minimum Gasteiger partial charge on any atom is -0.441 e. The zero-order valence-electron chi connectivity index (χ0n) is 29.1. The van der Waals surface area contributed by atoms with Gasteiger partial charge in [-0.25, -0.2) is 14.2 Å². The van der Waals surface area contributed by atoms with Gasteiger partial charge in [0.15, 0.2) is 6.23 Å². The summed E-state index contributed by atoms with van der Waals surface area (Å²) < 4.78 is 32.9. The molecule has 5 rings (SSSR count). The molecule has 2 aromatic carbocycles. The number of hydrogen-bond donors (Lipinski definition) is 6. The third-order valence-electron chi connectivity index (χ3n) is 8.89. The number of fused-ring (bicyclic) bond motifs is 2. The van der Waals surface area contributed by atoms with Crippen LogP contribution in [0.25, 0.3) is 0 Å². The number of H-pyrrole nitrogens is 1. The van der Waals surface area contributed by atoms with E-state index in [-0.39, 0.29) is 30.9 Å². The largest absolute Gasteiger partial charge is 0.472 e. The normalized spacial score (nSPS) is 21.5. The van der Waals surface area contributed by atoms with Crippen molar-refractivity contribution in [1.29, 1.82) is 0 Å². The van der Waals surface area contributed by atoms with Crippen LogP contribution in [0, 0.1) is 11.8 Å². The summed E-state index contributed by atoms with van der Waals surface area (Å²) in [7, 11) is -3.43. The van der Waals surface area contributed by atoms with Gasteiger partial charge >= 0.3 is 19.6 Å². The summed E-state index contributed by atoms with van der Waals surface area (Å²) in [4.78, 5) is 61.6. The van der Waals surface area contributed by atoms with E-state index in [2.05, 4.69) is 32.0 Å². The molecule has 2 aliphatic rings. The summed E-state index contributed by atoms with van der Waals surface area (Å²) >= 11 is 0. The molecule has 3 unspecified atom stereocenters. The summed E-state index contributed by atoms with van der Waals surface area (Å²) in [5, 5.41) is 26.4. The molecule has 6 N–H and O–H groups in total. The Morgan fingerprint density at radius 2 is 1.70 bits per heavy atom. The Labute approximate surface area is 305 Å². The SMILES string of the molecule is COP(=O)(O)OC[C@H]1O[C@@H](n2cc(CCCNC(=O)CCCCCNC(=O)OC3Cc4ccccc4C#Cc4ccccc43)c(=O)[nH]c2=O)[C@@H](O)C1O. The maximum atomic E-state index is 12.7. The van der Waals surface area contributed by atoms with Gasteiger partial charge in [0.2, 0.25) is 5.91 Å². The Bertz CT molecular complexity index is 1990. The lowest BCUT2D eigenvalue weighted by molar-refractivity contribution is -0.121. The number of benzene rings is 2. The molecule has 16 nitrogen and oxygen atoms in total. The van der Waals surface area contributed by atoms with Crippen molar-refractivity contribution in [2.24, 2.45) is 0 Å². The molecule has 1 aliphatic heterocycles. The van der Waals surface area contributed by atoms with E-state index >= 15 is 0 Å². The predicted molar refractivity (Wildman–Crippen MR) is 190 cm³/mol. The summed E-state index contributed by atoms with van der Waals surface area (Å²) in [5.74, 6) is 6.23. The van der Waals surface area contributed by atoms with Crippen LogP contribution in [0.1, 0.15) is 72.3 Å². The van der Waals surface area contributed by atoms with Crippen LogP contribution >= 0.6 is 7.82 Å². The van der Waals surface area contributed by atoms with Crippen molar-refractivity contribution in [2.45, 2.75) is 75.6 Å². The molecule has 53 heavy (non-hydrogen) atoms. The van der Waals surface area contributed by atoms with Crippen LogP contribution in [-0.4, -0.2) is 81.8 Å². The maximum absolute atomic E-state index is 12.7. The van der Waals surface area contributed by atoms with Gasteiger partial charge in [-0.3, -0.25) is 28.2 Å². The maximum Gasteiger partial charge on any atom is 0.472 e. The molecule has 1 aromatic heterocycles. The Hall–Kier alpha value is -4.59. The van der Waals surface area contributed by atoms with Gasteiger partial charge in [0.1, 0.15) is 24.4 Å². The summed E-state index contributed by atoms with van der Waals surface area (Å²) in [6.07, 6.45) is -2.45. The van der Waals surface area contributed by atoms with Gasteiger partial charge in [-0.15, -0.1) is 0 Å². The van der Waals surface area contributed by atoms with Crippen LogP contribution in [0.2, 0.25) is 0 Å². The van der Waals surface area contributed by atoms with Crippen LogP contribution < -0.4 is 21.9 Å². The van der Waals surface area contributed by atoms with Gasteiger partial charge in [0.25, 0.3) is 5.56 Å². The van der Waals surface area contributed by atoms with E-state index in [9.17, 15) is 38.8 Å². The lowest BCUT2D eigenvalue weighted by Gasteiger charge is -2.22. The predicted octanol–water partition coefficient (Wildman–Crippen LogP) is 1.95. The van der Waals surface area contributed by atoms with Gasteiger partial charge in [-0.2, -0.15) is 0 Å². The molecule has 2 amide bonds. The van der Waals surface area contributed by atoms with Crippen molar-refractivity contribution in [3.05, 3.63) is 103 Å². The zero-order chi connectivity index (χ0) is 38.0. The Morgan fingerprint density at radius 3 is 2.49 bits per heavy atom. The highest BCUT2D eigenvalue weighted by atomic mass is 31.2. The second-order valence-corrected chi connectivity index (χ2v) is 14.2. The van der Waals surface area contributed by atoms with E-state index in [1.165, 1.54) is 6.20 Å². The van der Waals surface area contributed by atoms with E-state index in [1.807, 2.05) is 48.5 Å². The second kappa shape index (κ2) is 18.4. The number of nitrogens with zero attached hydrogens (tertiary/aromatic N) is 1. The number of amides is 2. The number of aromatic nitrogens is 2. The molecule has 6 atom stereocenters. The number of ether oxygens (including phenoxy) is 2. The van der Waals surface area contributed by atoms with E-state index in [1.54, 1.807) is 0 Å². The topological polar surface area (TPSA) is 228 Å². The Morgan fingerprint density at radius 1 is 0.981 bits per heavy atom. The highest BCUT2D eigenvalue weighted by Crippen LogP contribution is 2.43. The lowest BCUT2D eigenvalue weighted by Crippen LogP contribution is -2.39. The number of alkyl carbamates (subject to hydrolysis) is 1. The first-order valence-corrected chi connectivity index (χ1v) is 18.7. The monoisotopic (exact) mass is 754 g/mol. The van der Waals surface area contributed by atoms with Crippen molar-refractivity contribution in [1.82, 2.24) is 20.2 Å². The summed E-state index contributed by atoms with van der Waals surface area (Å²) in [6, 6.07) is 15.4. The summed E-state index contributed by atoms with van der Waals surface area (Å²) in [5.41, 5.74) is 2.21. The van der Waals surface area contributed by atoms with Crippen molar-refractivity contribution in [3.8, 4) is 11.8 Å². The van der Waals surface area contributed by atoms with Crippen molar-refractivity contribution in [3.63, 3.8) is 0 Å². The number of aliphatic hydroxyl groups excluding tert-OH is 2. The molecular weight excluding hydrogens is 711 g/mol. The highest BCUT2D eigenvalue weighted by Gasteiger charge is 2.45. The molecule has 0 saturated carbocycles. The number of aliphatic hydroxyl groups is 2. The fourth-order valence-corrected chi connectivity index (χ4v) is 6.46. The number of rotatable bonds is 16.